The smallest absolute Gasteiger partial charge is 0.190 e. The molecule has 0 amide bonds. The second-order valence-corrected chi connectivity index (χ2v) is 16.8. The molecule has 4 heterocycles. The Bertz CT molecular complexity index is 1800. The predicted molar refractivity (Wildman–Crippen MR) is 209 cm³/mol. The third kappa shape index (κ3) is 9.74. The molecule has 11 heteroatoms. The maximum atomic E-state index is 7.00. The average Bonchev–Trinajstić information content (AvgIpc) is 3.71. The normalized spacial score (nSPS) is 31.8. The molecule has 0 spiro atoms. The summed E-state index contributed by atoms with van der Waals surface area (Å²) in [7, 11) is 0. The van der Waals surface area contributed by atoms with E-state index < -0.39 is 66.9 Å². The summed E-state index contributed by atoms with van der Waals surface area (Å²) in [4.78, 5) is 1.05. The van der Waals surface area contributed by atoms with E-state index in [1.54, 1.807) is 11.8 Å². The van der Waals surface area contributed by atoms with Crippen LogP contribution in [0.25, 0.3) is 0 Å². The van der Waals surface area contributed by atoms with Gasteiger partial charge in [-0.25, -0.2) is 0 Å². The van der Waals surface area contributed by atoms with Crippen molar-refractivity contribution in [1.82, 2.24) is 0 Å². The number of hydrogen-bond donors (Lipinski definition) is 0. The van der Waals surface area contributed by atoms with Crippen molar-refractivity contribution in [3.8, 4) is 0 Å². The summed E-state index contributed by atoms with van der Waals surface area (Å²) in [6, 6.07) is 40.7. The van der Waals surface area contributed by atoms with Gasteiger partial charge in [0.15, 0.2) is 24.2 Å². The predicted octanol–water partition coefficient (Wildman–Crippen LogP) is 7.67. The standard InChI is InChI=1S/C45H52O10S/c1-44(2)52-37-35(50-42-40(38(37)53-44)54-45(3,4)55-42)29-49-43-41(56-33-23-15-8-16-24-33)39(48-27-32-21-13-7-14-22-32)36(47-26-31-19-11-6-12-20-31)34(51-43)28-46-25-30-17-9-5-10-18-30/h5-24,34-43H,25-29H2,1-4H3/t34-,35-,36-,37+,38+,39+,40-,41+,42-,43+/m1/s1. The fourth-order valence-electron chi connectivity index (χ4n) is 7.74. The molecule has 10 atom stereocenters. The van der Waals surface area contributed by atoms with Crippen molar-refractivity contribution in [3.63, 3.8) is 0 Å². The van der Waals surface area contributed by atoms with Crippen molar-refractivity contribution in [2.45, 2.75) is 125 Å². The fourth-order valence-corrected chi connectivity index (χ4v) is 8.99. The Hall–Kier alpha value is -3.17. The van der Waals surface area contributed by atoms with Gasteiger partial charge in [0.2, 0.25) is 0 Å². The Morgan fingerprint density at radius 1 is 0.500 bits per heavy atom. The maximum Gasteiger partial charge on any atom is 0.190 e. The van der Waals surface area contributed by atoms with E-state index in [0.717, 1.165) is 21.6 Å². The molecule has 4 aromatic carbocycles. The van der Waals surface area contributed by atoms with Gasteiger partial charge in [-0.3, -0.25) is 0 Å². The molecule has 56 heavy (non-hydrogen) atoms. The van der Waals surface area contributed by atoms with Crippen molar-refractivity contribution in [3.05, 3.63) is 138 Å². The molecule has 0 saturated carbocycles. The van der Waals surface area contributed by atoms with Crippen molar-refractivity contribution >= 4 is 11.8 Å². The minimum Gasteiger partial charge on any atom is -0.374 e. The molecule has 4 fully saturated rings. The molecule has 0 bridgehead atoms. The first kappa shape index (κ1) is 39.6. The van der Waals surface area contributed by atoms with Gasteiger partial charge in [-0.05, 0) is 56.5 Å². The first-order valence-electron chi connectivity index (χ1n) is 19.5. The first-order chi connectivity index (χ1) is 27.2. The summed E-state index contributed by atoms with van der Waals surface area (Å²) < 4.78 is 65.9. The van der Waals surface area contributed by atoms with Crippen LogP contribution >= 0.6 is 11.8 Å². The SMILES string of the molecule is CC1(C)O[C@H]2[C@@H](O1)[C@@H](CO[C@H]1O[C@H](COCc3ccccc3)[C@@H](OCc3ccccc3)[C@H](OCc3ccccc3)[C@@H]1Sc1ccccc1)O[C@@H]1OC(C)(C)O[C@@H]12. The minimum absolute atomic E-state index is 0.142. The van der Waals surface area contributed by atoms with Gasteiger partial charge in [0.1, 0.15) is 42.7 Å². The summed E-state index contributed by atoms with van der Waals surface area (Å²) >= 11 is 1.65. The van der Waals surface area contributed by atoms with Crippen molar-refractivity contribution < 1.29 is 47.4 Å². The third-order valence-electron chi connectivity index (χ3n) is 10.2. The van der Waals surface area contributed by atoms with Gasteiger partial charge >= 0.3 is 0 Å². The van der Waals surface area contributed by atoms with Crippen molar-refractivity contribution in [2.24, 2.45) is 0 Å². The van der Waals surface area contributed by atoms with Crippen LogP contribution < -0.4 is 0 Å². The summed E-state index contributed by atoms with van der Waals surface area (Å²) in [5, 5.41) is -0.360. The van der Waals surface area contributed by atoms with E-state index in [1.807, 2.05) is 113 Å². The number of thioether (sulfide) groups is 1. The number of rotatable bonds is 15. The number of hydrogen-bond acceptors (Lipinski definition) is 11. The van der Waals surface area contributed by atoms with E-state index in [0.29, 0.717) is 19.8 Å². The van der Waals surface area contributed by atoms with Gasteiger partial charge in [0, 0.05) is 4.90 Å². The molecule has 4 aromatic rings. The maximum absolute atomic E-state index is 7.00. The van der Waals surface area contributed by atoms with Crippen LogP contribution in [0.5, 0.6) is 0 Å². The monoisotopic (exact) mass is 784 g/mol. The van der Waals surface area contributed by atoms with Crippen LogP contribution in [-0.2, 0) is 67.2 Å². The molecular weight excluding hydrogens is 733 g/mol. The molecule has 0 aromatic heterocycles. The van der Waals surface area contributed by atoms with Gasteiger partial charge in [-0.15, -0.1) is 11.8 Å². The van der Waals surface area contributed by atoms with Crippen LogP contribution in [0, 0.1) is 0 Å². The van der Waals surface area contributed by atoms with Crippen molar-refractivity contribution in [2.75, 3.05) is 13.2 Å². The summed E-state index contributed by atoms with van der Waals surface area (Å²) in [5.41, 5.74) is 3.17. The molecule has 4 saturated heterocycles. The molecule has 4 aliphatic heterocycles. The highest BCUT2D eigenvalue weighted by molar-refractivity contribution is 8.00. The highest BCUT2D eigenvalue weighted by Crippen LogP contribution is 2.45. The summed E-state index contributed by atoms with van der Waals surface area (Å²) in [6.45, 7) is 9.12. The van der Waals surface area contributed by atoms with Gasteiger partial charge < -0.3 is 47.4 Å². The quantitative estimate of drug-likeness (QED) is 0.119. The zero-order valence-electron chi connectivity index (χ0n) is 32.3. The van der Waals surface area contributed by atoms with Crippen LogP contribution in [-0.4, -0.2) is 85.3 Å². The largest absolute Gasteiger partial charge is 0.374 e. The minimum atomic E-state index is -0.837. The second-order valence-electron chi connectivity index (χ2n) is 15.5. The van der Waals surface area contributed by atoms with Gasteiger partial charge in [-0.2, -0.15) is 0 Å². The van der Waals surface area contributed by atoms with Gasteiger partial charge in [0.25, 0.3) is 0 Å². The number of ether oxygens (including phenoxy) is 10. The van der Waals surface area contributed by atoms with Crippen LogP contribution in [0.3, 0.4) is 0 Å². The average molecular weight is 785 g/mol. The Kier molecular flexibility index (Phi) is 12.6. The van der Waals surface area contributed by atoms with Gasteiger partial charge in [0.05, 0.1) is 38.3 Å². The van der Waals surface area contributed by atoms with Gasteiger partial charge in [-0.1, -0.05) is 109 Å². The second kappa shape index (κ2) is 17.8. The molecule has 8 rings (SSSR count). The lowest BCUT2D eigenvalue weighted by atomic mass is 9.99. The molecule has 4 aliphatic rings. The van der Waals surface area contributed by atoms with E-state index >= 15 is 0 Å². The Morgan fingerprint density at radius 2 is 1.02 bits per heavy atom. The van der Waals surface area contributed by atoms with E-state index in [4.69, 9.17) is 47.4 Å². The zero-order valence-corrected chi connectivity index (χ0v) is 33.2. The Labute approximate surface area is 334 Å². The van der Waals surface area contributed by atoms with Crippen LogP contribution in [0.15, 0.2) is 126 Å². The lowest BCUT2D eigenvalue weighted by Crippen LogP contribution is -2.61. The lowest BCUT2D eigenvalue weighted by Gasteiger charge is -2.46. The number of benzene rings is 4. The number of fused-ring (bicyclic) bond motifs is 3. The molecule has 0 N–H and O–H groups in total. The van der Waals surface area contributed by atoms with E-state index in [1.165, 1.54) is 0 Å². The molecule has 0 aliphatic carbocycles. The van der Waals surface area contributed by atoms with Crippen LogP contribution in [0.4, 0.5) is 0 Å². The Balaban J connectivity index is 1.10. The first-order valence-corrected chi connectivity index (χ1v) is 20.4. The molecule has 0 radical (unpaired) electrons. The van der Waals surface area contributed by atoms with Crippen LogP contribution in [0.1, 0.15) is 44.4 Å². The van der Waals surface area contributed by atoms with E-state index in [2.05, 4.69) is 36.4 Å². The van der Waals surface area contributed by atoms with E-state index in [9.17, 15) is 0 Å². The zero-order chi connectivity index (χ0) is 38.5. The molecule has 10 nitrogen and oxygen atoms in total. The molecular formula is C45H52O10S. The fraction of sp³-hybridized carbons (Fsp3) is 0.467. The van der Waals surface area contributed by atoms with Crippen LogP contribution in [0.2, 0.25) is 0 Å². The highest BCUT2D eigenvalue weighted by Gasteiger charge is 2.61. The molecule has 0 unspecified atom stereocenters. The van der Waals surface area contributed by atoms with Crippen molar-refractivity contribution in [1.29, 1.82) is 0 Å². The third-order valence-corrected chi connectivity index (χ3v) is 11.6. The summed E-state index contributed by atoms with van der Waals surface area (Å²) in [5.74, 6) is -1.67. The highest BCUT2D eigenvalue weighted by atomic mass is 32.2. The lowest BCUT2D eigenvalue weighted by molar-refractivity contribution is -0.293. The topological polar surface area (TPSA) is 92.3 Å². The summed E-state index contributed by atoms with van der Waals surface area (Å²) in [6.07, 6.45) is -4.75. The molecule has 298 valence electrons. The van der Waals surface area contributed by atoms with E-state index in [-0.39, 0.29) is 18.5 Å². The Morgan fingerprint density at radius 3 is 1.64 bits per heavy atom.